The Balaban J connectivity index is 1.58. The molecule has 1 amide bonds. The molecule has 27 heavy (non-hydrogen) atoms. The molecule has 5 nitrogen and oxygen atoms in total. The number of hydrogen-bond acceptors (Lipinski definition) is 4. The van der Waals surface area contributed by atoms with Gasteiger partial charge in [0, 0.05) is 28.6 Å². The molecule has 0 aliphatic heterocycles. The molecule has 138 valence electrons. The summed E-state index contributed by atoms with van der Waals surface area (Å²) in [6.07, 6.45) is 1.27. The first-order valence-corrected chi connectivity index (χ1v) is 9.79. The highest BCUT2D eigenvalue weighted by molar-refractivity contribution is 7.14. The van der Waals surface area contributed by atoms with Gasteiger partial charge in [-0.05, 0) is 24.3 Å². The molecule has 6 heteroatoms. The number of fused-ring (bicyclic) bond motifs is 1. The molecule has 0 fully saturated rings. The minimum absolute atomic E-state index is 0.0883. The number of aromatic nitrogens is 2. The van der Waals surface area contributed by atoms with Crippen LogP contribution in [0, 0.1) is 12.3 Å². The van der Waals surface area contributed by atoms with E-state index in [1.165, 1.54) is 11.3 Å². The van der Waals surface area contributed by atoms with Gasteiger partial charge >= 0.3 is 0 Å². The first kappa shape index (κ1) is 17.7. The summed E-state index contributed by atoms with van der Waals surface area (Å²) < 4.78 is 0. The number of carbonyl (C=O) groups excluding carboxylic acids is 2. The Kier molecular flexibility index (Phi) is 4.23. The lowest BCUT2D eigenvalue weighted by molar-refractivity contribution is 0.0910. The lowest BCUT2D eigenvalue weighted by Crippen LogP contribution is -2.26. The second-order valence-corrected chi connectivity index (χ2v) is 8.64. The van der Waals surface area contributed by atoms with E-state index >= 15 is 0 Å². The Bertz CT molecular complexity index is 1030. The van der Waals surface area contributed by atoms with Crippen LogP contribution in [0.4, 0.5) is 5.13 Å². The molecule has 3 aromatic rings. The number of benzene rings is 1. The molecule has 4 rings (SSSR count). The maximum atomic E-state index is 12.8. The normalized spacial score (nSPS) is 15.4. The van der Waals surface area contributed by atoms with Gasteiger partial charge in [-0.1, -0.05) is 44.2 Å². The van der Waals surface area contributed by atoms with Crippen molar-refractivity contribution in [3.8, 4) is 11.3 Å². The monoisotopic (exact) mass is 379 g/mol. The summed E-state index contributed by atoms with van der Waals surface area (Å²) in [7, 11) is 0. The summed E-state index contributed by atoms with van der Waals surface area (Å²) in [5.74, 6) is -0.156. The second kappa shape index (κ2) is 6.46. The summed E-state index contributed by atoms with van der Waals surface area (Å²) in [6.45, 7) is 5.98. The Morgan fingerprint density at radius 2 is 1.96 bits per heavy atom. The van der Waals surface area contributed by atoms with Crippen LogP contribution in [0.1, 0.15) is 52.4 Å². The molecule has 0 saturated carbocycles. The fraction of sp³-hybridized carbons (Fsp3) is 0.286. The number of hydrogen-bond donors (Lipinski definition) is 2. The molecule has 0 unspecified atom stereocenters. The zero-order chi connectivity index (χ0) is 19.2. The van der Waals surface area contributed by atoms with E-state index in [9.17, 15) is 9.59 Å². The van der Waals surface area contributed by atoms with Crippen molar-refractivity contribution in [3.63, 3.8) is 0 Å². The largest absolute Gasteiger partial charge is 0.354 e. The molecular weight excluding hydrogens is 358 g/mol. The van der Waals surface area contributed by atoms with E-state index in [-0.39, 0.29) is 17.1 Å². The molecule has 0 spiro atoms. The third-order valence-corrected chi connectivity index (χ3v) is 5.68. The minimum atomic E-state index is -0.263. The number of carbonyl (C=O) groups is 2. The molecule has 2 heterocycles. The highest BCUT2D eigenvalue weighted by Crippen LogP contribution is 2.37. The van der Waals surface area contributed by atoms with Gasteiger partial charge in [-0.2, -0.15) is 0 Å². The van der Waals surface area contributed by atoms with Crippen LogP contribution in [-0.4, -0.2) is 21.7 Å². The molecule has 0 saturated heterocycles. The molecule has 1 aliphatic rings. The van der Waals surface area contributed by atoms with Crippen LogP contribution in [0.5, 0.6) is 0 Å². The third-order valence-electron chi connectivity index (χ3n) is 4.92. The van der Waals surface area contributed by atoms with E-state index in [0.29, 0.717) is 22.8 Å². The van der Waals surface area contributed by atoms with Gasteiger partial charge in [0.1, 0.15) is 5.69 Å². The first-order chi connectivity index (χ1) is 12.8. The average molecular weight is 379 g/mol. The molecule has 1 aromatic carbocycles. The van der Waals surface area contributed by atoms with Crippen LogP contribution in [-0.2, 0) is 6.42 Å². The van der Waals surface area contributed by atoms with Crippen molar-refractivity contribution in [2.24, 2.45) is 5.41 Å². The van der Waals surface area contributed by atoms with Crippen LogP contribution in [0.25, 0.3) is 11.3 Å². The summed E-state index contributed by atoms with van der Waals surface area (Å²) in [4.78, 5) is 33.0. The number of H-pyrrole nitrogens is 1. The van der Waals surface area contributed by atoms with Gasteiger partial charge in [0.25, 0.3) is 5.91 Å². The average Bonchev–Trinajstić information content (AvgIpc) is 3.19. The van der Waals surface area contributed by atoms with Crippen molar-refractivity contribution in [2.75, 3.05) is 5.32 Å². The SMILES string of the molecule is Cc1c(C(=O)Nc2nc(-c3ccccc3)cs2)[nH]c2c1C(=O)CC(C)(C)C2. The Hall–Kier alpha value is -2.73. The van der Waals surface area contributed by atoms with Gasteiger partial charge in [0.15, 0.2) is 10.9 Å². The van der Waals surface area contributed by atoms with E-state index in [4.69, 9.17) is 0 Å². The van der Waals surface area contributed by atoms with E-state index in [0.717, 1.165) is 28.9 Å². The van der Waals surface area contributed by atoms with Crippen LogP contribution in [0.15, 0.2) is 35.7 Å². The van der Waals surface area contributed by atoms with E-state index < -0.39 is 0 Å². The van der Waals surface area contributed by atoms with Crippen molar-refractivity contribution in [2.45, 2.75) is 33.6 Å². The van der Waals surface area contributed by atoms with Gasteiger partial charge in [0.2, 0.25) is 0 Å². The molecule has 0 radical (unpaired) electrons. The smallest absolute Gasteiger partial charge is 0.274 e. The Labute approximate surface area is 161 Å². The van der Waals surface area contributed by atoms with Crippen molar-refractivity contribution in [1.29, 1.82) is 0 Å². The molecule has 1 aliphatic carbocycles. The predicted octanol–water partition coefficient (Wildman–Crippen LogP) is 4.85. The van der Waals surface area contributed by atoms with Crippen LogP contribution in [0.2, 0.25) is 0 Å². The number of anilines is 1. The summed E-state index contributed by atoms with van der Waals surface area (Å²) >= 11 is 1.38. The number of Topliss-reactive ketones (excluding diaryl/α,β-unsaturated/α-hetero) is 1. The van der Waals surface area contributed by atoms with Crippen molar-refractivity contribution in [1.82, 2.24) is 9.97 Å². The number of thiazole rings is 1. The number of nitrogens with one attached hydrogen (secondary N) is 2. The fourth-order valence-electron chi connectivity index (χ4n) is 3.69. The van der Waals surface area contributed by atoms with Gasteiger partial charge < -0.3 is 4.98 Å². The van der Waals surface area contributed by atoms with Crippen LogP contribution < -0.4 is 5.32 Å². The van der Waals surface area contributed by atoms with Gasteiger partial charge in [-0.3, -0.25) is 14.9 Å². The molecule has 2 aromatic heterocycles. The maximum absolute atomic E-state index is 12.8. The minimum Gasteiger partial charge on any atom is -0.354 e. The van der Waals surface area contributed by atoms with E-state index in [1.807, 2.05) is 42.6 Å². The highest BCUT2D eigenvalue weighted by atomic mass is 32.1. The lowest BCUT2D eigenvalue weighted by Gasteiger charge is -2.28. The van der Waals surface area contributed by atoms with Crippen LogP contribution in [0.3, 0.4) is 0 Å². The summed E-state index contributed by atoms with van der Waals surface area (Å²) in [5.41, 5.74) is 4.47. The maximum Gasteiger partial charge on any atom is 0.274 e. The van der Waals surface area contributed by atoms with Crippen LogP contribution >= 0.6 is 11.3 Å². The fourth-order valence-corrected chi connectivity index (χ4v) is 4.41. The Morgan fingerprint density at radius 3 is 2.70 bits per heavy atom. The van der Waals surface area contributed by atoms with Crippen molar-refractivity contribution >= 4 is 28.2 Å². The summed E-state index contributed by atoms with van der Waals surface area (Å²) in [5, 5.41) is 5.32. The van der Waals surface area contributed by atoms with Crippen molar-refractivity contribution in [3.05, 3.63) is 58.2 Å². The quantitative estimate of drug-likeness (QED) is 0.683. The zero-order valence-electron chi connectivity index (χ0n) is 15.6. The second-order valence-electron chi connectivity index (χ2n) is 7.78. The van der Waals surface area contributed by atoms with E-state index in [2.05, 4.69) is 29.1 Å². The molecular formula is C21H21N3O2S. The van der Waals surface area contributed by atoms with Gasteiger partial charge in [0.05, 0.1) is 5.69 Å². The lowest BCUT2D eigenvalue weighted by atomic mass is 9.75. The van der Waals surface area contributed by atoms with E-state index in [1.54, 1.807) is 0 Å². The number of aromatic amines is 1. The van der Waals surface area contributed by atoms with Crippen molar-refractivity contribution < 1.29 is 9.59 Å². The van der Waals surface area contributed by atoms with Gasteiger partial charge in [-0.15, -0.1) is 11.3 Å². The highest BCUT2D eigenvalue weighted by Gasteiger charge is 2.35. The zero-order valence-corrected chi connectivity index (χ0v) is 16.4. The number of rotatable bonds is 3. The molecule has 0 bridgehead atoms. The van der Waals surface area contributed by atoms with Gasteiger partial charge in [-0.25, -0.2) is 4.98 Å². The summed E-state index contributed by atoms with van der Waals surface area (Å²) in [6, 6.07) is 9.84. The first-order valence-electron chi connectivity index (χ1n) is 8.91. The standard InChI is InChI=1S/C21H21N3O2S/c1-12-17-14(9-21(2,3)10-16(17)25)22-18(12)19(26)24-20-23-15(11-27-20)13-7-5-4-6-8-13/h4-8,11,22H,9-10H2,1-3H3,(H,23,24,26). The molecule has 2 N–H and O–H groups in total. The number of amides is 1. The number of ketones is 1. The molecule has 0 atom stereocenters. The predicted molar refractivity (Wildman–Crippen MR) is 107 cm³/mol. The Morgan fingerprint density at radius 1 is 1.22 bits per heavy atom. The number of nitrogens with zero attached hydrogens (tertiary/aromatic N) is 1. The topological polar surface area (TPSA) is 74.8 Å². The third kappa shape index (κ3) is 3.32.